The SMILES string of the molecule is CC(=O)N[C@@H](C(=O)N1CCN(Cc2ccc(Cl)cc2)CC1)C(C)C. The molecule has 1 aliphatic rings. The van der Waals surface area contributed by atoms with Crippen LogP contribution in [0.3, 0.4) is 0 Å². The van der Waals surface area contributed by atoms with Gasteiger partial charge in [-0.3, -0.25) is 14.5 Å². The van der Waals surface area contributed by atoms with Crippen molar-refractivity contribution in [3.63, 3.8) is 0 Å². The van der Waals surface area contributed by atoms with Gasteiger partial charge < -0.3 is 10.2 Å². The van der Waals surface area contributed by atoms with Crippen LogP contribution in [0.15, 0.2) is 24.3 Å². The average Bonchev–Trinajstić information content (AvgIpc) is 2.54. The fraction of sp³-hybridized carbons (Fsp3) is 0.556. The van der Waals surface area contributed by atoms with Crippen LogP contribution in [0.25, 0.3) is 0 Å². The van der Waals surface area contributed by atoms with Crippen molar-refractivity contribution in [1.82, 2.24) is 15.1 Å². The summed E-state index contributed by atoms with van der Waals surface area (Å²) in [5, 5.41) is 3.52. The van der Waals surface area contributed by atoms with Gasteiger partial charge in [-0.1, -0.05) is 37.6 Å². The van der Waals surface area contributed by atoms with Crippen molar-refractivity contribution in [2.75, 3.05) is 26.2 Å². The summed E-state index contributed by atoms with van der Waals surface area (Å²) in [4.78, 5) is 28.2. The van der Waals surface area contributed by atoms with E-state index < -0.39 is 6.04 Å². The highest BCUT2D eigenvalue weighted by Crippen LogP contribution is 2.14. The first-order valence-corrected chi connectivity index (χ1v) is 8.77. The monoisotopic (exact) mass is 351 g/mol. The maximum atomic E-state index is 12.7. The molecule has 1 atom stereocenters. The third kappa shape index (κ3) is 5.21. The Morgan fingerprint density at radius 2 is 1.71 bits per heavy atom. The normalized spacial score (nSPS) is 17.0. The summed E-state index contributed by atoms with van der Waals surface area (Å²) in [6.07, 6.45) is 0. The van der Waals surface area contributed by atoms with Crippen molar-refractivity contribution in [2.24, 2.45) is 5.92 Å². The van der Waals surface area contributed by atoms with Gasteiger partial charge in [0.1, 0.15) is 6.04 Å². The van der Waals surface area contributed by atoms with Gasteiger partial charge in [-0.05, 0) is 23.6 Å². The number of nitrogens with one attached hydrogen (secondary N) is 1. The van der Waals surface area contributed by atoms with Crippen LogP contribution in [0.2, 0.25) is 5.02 Å². The van der Waals surface area contributed by atoms with Crippen molar-refractivity contribution < 1.29 is 9.59 Å². The van der Waals surface area contributed by atoms with Gasteiger partial charge in [-0.2, -0.15) is 0 Å². The Bertz CT molecular complexity index is 566. The molecule has 0 saturated carbocycles. The molecule has 0 unspecified atom stereocenters. The van der Waals surface area contributed by atoms with Crippen LogP contribution in [0.1, 0.15) is 26.3 Å². The zero-order chi connectivity index (χ0) is 17.7. The summed E-state index contributed by atoms with van der Waals surface area (Å²) in [6, 6.07) is 7.43. The number of piperazine rings is 1. The molecule has 0 aromatic heterocycles. The smallest absolute Gasteiger partial charge is 0.245 e. The molecular weight excluding hydrogens is 326 g/mol. The lowest BCUT2D eigenvalue weighted by Gasteiger charge is -2.37. The number of benzene rings is 1. The summed E-state index contributed by atoms with van der Waals surface area (Å²) < 4.78 is 0. The van der Waals surface area contributed by atoms with Crippen LogP contribution in [0, 0.1) is 5.92 Å². The van der Waals surface area contributed by atoms with Crippen LogP contribution < -0.4 is 5.32 Å². The number of rotatable bonds is 5. The van der Waals surface area contributed by atoms with Crippen LogP contribution in [0.5, 0.6) is 0 Å². The van der Waals surface area contributed by atoms with E-state index in [4.69, 9.17) is 11.6 Å². The second-order valence-electron chi connectivity index (χ2n) is 6.65. The minimum Gasteiger partial charge on any atom is -0.344 e. The van der Waals surface area contributed by atoms with Gasteiger partial charge in [0.15, 0.2) is 0 Å². The van der Waals surface area contributed by atoms with Crippen molar-refractivity contribution in [3.05, 3.63) is 34.9 Å². The van der Waals surface area contributed by atoms with E-state index in [9.17, 15) is 9.59 Å². The molecule has 0 aliphatic carbocycles. The van der Waals surface area contributed by atoms with Gasteiger partial charge in [-0.15, -0.1) is 0 Å². The molecule has 24 heavy (non-hydrogen) atoms. The van der Waals surface area contributed by atoms with Gasteiger partial charge in [0, 0.05) is 44.7 Å². The Hall–Kier alpha value is -1.59. The third-order valence-electron chi connectivity index (χ3n) is 4.29. The number of hydrogen-bond donors (Lipinski definition) is 1. The van der Waals surface area contributed by atoms with E-state index in [-0.39, 0.29) is 17.7 Å². The molecule has 6 heteroatoms. The fourth-order valence-electron chi connectivity index (χ4n) is 2.90. The van der Waals surface area contributed by atoms with Crippen molar-refractivity contribution in [2.45, 2.75) is 33.4 Å². The first-order valence-electron chi connectivity index (χ1n) is 8.39. The zero-order valence-electron chi connectivity index (χ0n) is 14.6. The maximum absolute atomic E-state index is 12.7. The van der Waals surface area contributed by atoms with E-state index >= 15 is 0 Å². The zero-order valence-corrected chi connectivity index (χ0v) is 15.3. The van der Waals surface area contributed by atoms with Gasteiger partial charge in [-0.25, -0.2) is 0 Å². The number of carbonyl (C=O) groups is 2. The highest BCUT2D eigenvalue weighted by atomic mass is 35.5. The predicted molar refractivity (Wildman–Crippen MR) is 95.8 cm³/mol. The molecule has 1 aliphatic heterocycles. The highest BCUT2D eigenvalue weighted by molar-refractivity contribution is 6.30. The van der Waals surface area contributed by atoms with Crippen LogP contribution >= 0.6 is 11.6 Å². The molecule has 2 amide bonds. The Balaban J connectivity index is 1.87. The minimum absolute atomic E-state index is 0.0198. The Morgan fingerprint density at radius 3 is 2.21 bits per heavy atom. The van der Waals surface area contributed by atoms with Crippen molar-refractivity contribution in [1.29, 1.82) is 0 Å². The van der Waals surface area contributed by atoms with E-state index in [1.54, 1.807) is 0 Å². The summed E-state index contributed by atoms with van der Waals surface area (Å²) in [6.45, 7) is 9.26. The van der Waals surface area contributed by atoms with Crippen LogP contribution in [0.4, 0.5) is 0 Å². The molecule has 1 heterocycles. The molecule has 1 saturated heterocycles. The summed E-state index contributed by atoms with van der Waals surface area (Å²) in [5.74, 6) is -0.0664. The van der Waals surface area contributed by atoms with Crippen molar-refractivity contribution >= 4 is 23.4 Å². The molecule has 0 spiro atoms. The quantitative estimate of drug-likeness (QED) is 0.884. The summed E-state index contributed by atoms with van der Waals surface area (Å²) >= 11 is 5.91. The molecule has 2 rings (SSSR count). The van der Waals surface area contributed by atoms with Gasteiger partial charge in [0.25, 0.3) is 0 Å². The standard InChI is InChI=1S/C18H26ClN3O2/c1-13(2)17(20-14(3)23)18(24)22-10-8-21(9-11-22)12-15-4-6-16(19)7-5-15/h4-7,13,17H,8-12H2,1-3H3,(H,20,23)/t17-/m1/s1. The van der Waals surface area contributed by atoms with Crippen LogP contribution in [-0.4, -0.2) is 53.8 Å². The van der Waals surface area contributed by atoms with Crippen LogP contribution in [-0.2, 0) is 16.1 Å². The Labute approximate surface area is 149 Å². The maximum Gasteiger partial charge on any atom is 0.245 e. The van der Waals surface area contributed by atoms with E-state index in [1.165, 1.54) is 12.5 Å². The Kier molecular flexibility index (Phi) is 6.63. The van der Waals surface area contributed by atoms with E-state index in [1.807, 2.05) is 43.0 Å². The van der Waals surface area contributed by atoms with E-state index in [0.717, 1.165) is 24.7 Å². The van der Waals surface area contributed by atoms with Gasteiger partial charge >= 0.3 is 0 Å². The topological polar surface area (TPSA) is 52.7 Å². The second-order valence-corrected chi connectivity index (χ2v) is 7.09. The number of hydrogen-bond acceptors (Lipinski definition) is 3. The fourth-order valence-corrected chi connectivity index (χ4v) is 3.03. The van der Waals surface area contributed by atoms with Gasteiger partial charge in [0.05, 0.1) is 0 Å². The molecule has 5 nitrogen and oxygen atoms in total. The molecule has 1 fully saturated rings. The largest absolute Gasteiger partial charge is 0.344 e. The third-order valence-corrected chi connectivity index (χ3v) is 4.55. The summed E-state index contributed by atoms with van der Waals surface area (Å²) in [7, 11) is 0. The molecule has 1 N–H and O–H groups in total. The number of amides is 2. The number of carbonyl (C=O) groups excluding carboxylic acids is 2. The highest BCUT2D eigenvalue weighted by Gasteiger charge is 2.29. The number of halogens is 1. The van der Waals surface area contributed by atoms with E-state index in [2.05, 4.69) is 10.2 Å². The molecule has 1 aromatic carbocycles. The Morgan fingerprint density at radius 1 is 1.12 bits per heavy atom. The van der Waals surface area contributed by atoms with Crippen molar-refractivity contribution in [3.8, 4) is 0 Å². The molecular formula is C18H26ClN3O2. The minimum atomic E-state index is -0.440. The summed E-state index contributed by atoms with van der Waals surface area (Å²) in [5.41, 5.74) is 1.22. The number of nitrogens with zero attached hydrogens (tertiary/aromatic N) is 2. The molecule has 1 aromatic rings. The first-order chi connectivity index (χ1) is 11.4. The molecule has 132 valence electrons. The molecule has 0 bridgehead atoms. The second kappa shape index (κ2) is 8.49. The lowest BCUT2D eigenvalue weighted by atomic mass is 10.0. The van der Waals surface area contributed by atoms with E-state index in [0.29, 0.717) is 13.1 Å². The lowest BCUT2D eigenvalue weighted by Crippen LogP contribution is -2.56. The lowest BCUT2D eigenvalue weighted by molar-refractivity contribution is -0.138. The van der Waals surface area contributed by atoms with Gasteiger partial charge in [0.2, 0.25) is 11.8 Å². The molecule has 0 radical (unpaired) electrons. The average molecular weight is 352 g/mol. The predicted octanol–water partition coefficient (Wildman–Crippen LogP) is 2.14. The first kappa shape index (κ1) is 18.7.